The Kier molecular flexibility index (Phi) is 2.97. The van der Waals surface area contributed by atoms with Crippen molar-refractivity contribution in [3.8, 4) is 0 Å². The van der Waals surface area contributed by atoms with E-state index in [2.05, 4.69) is 0 Å². The Morgan fingerprint density at radius 2 is 1.84 bits per heavy atom. The number of carbonyl (C=O) groups is 2. The standard InChI is InChI=1S/C15H16O4/c1-8-4-5-11-10(6-8)7-9(2)15(3,14(18)19)12(11)13(16)17/h4-7,12H,1-3H3,(H,16,17)(H,18,19). The van der Waals surface area contributed by atoms with Gasteiger partial charge in [0.15, 0.2) is 0 Å². The topological polar surface area (TPSA) is 74.6 Å². The van der Waals surface area contributed by atoms with E-state index in [1.165, 1.54) is 6.92 Å². The molecule has 2 atom stereocenters. The summed E-state index contributed by atoms with van der Waals surface area (Å²) in [6.45, 7) is 5.07. The second-order valence-electron chi connectivity index (χ2n) is 5.24. The molecule has 19 heavy (non-hydrogen) atoms. The maximum atomic E-state index is 11.6. The summed E-state index contributed by atoms with van der Waals surface area (Å²) < 4.78 is 0. The number of fused-ring (bicyclic) bond motifs is 1. The lowest BCUT2D eigenvalue weighted by Gasteiger charge is -2.36. The Labute approximate surface area is 111 Å². The maximum Gasteiger partial charge on any atom is 0.314 e. The number of benzene rings is 1. The summed E-state index contributed by atoms with van der Waals surface area (Å²) in [5.41, 5.74) is 1.53. The summed E-state index contributed by atoms with van der Waals surface area (Å²) in [6, 6.07) is 5.41. The summed E-state index contributed by atoms with van der Waals surface area (Å²) in [5, 5.41) is 18.9. The van der Waals surface area contributed by atoms with Crippen LogP contribution >= 0.6 is 0 Å². The summed E-state index contributed by atoms with van der Waals surface area (Å²) >= 11 is 0. The first-order valence-electron chi connectivity index (χ1n) is 6.04. The van der Waals surface area contributed by atoms with E-state index in [-0.39, 0.29) is 0 Å². The van der Waals surface area contributed by atoms with Gasteiger partial charge >= 0.3 is 11.9 Å². The van der Waals surface area contributed by atoms with E-state index >= 15 is 0 Å². The number of rotatable bonds is 2. The third-order valence-corrected chi connectivity index (χ3v) is 4.01. The van der Waals surface area contributed by atoms with Crippen molar-refractivity contribution >= 4 is 18.0 Å². The van der Waals surface area contributed by atoms with Crippen LogP contribution < -0.4 is 0 Å². The van der Waals surface area contributed by atoms with Crippen LogP contribution in [0, 0.1) is 12.3 Å². The van der Waals surface area contributed by atoms with Crippen LogP contribution in [0.1, 0.15) is 36.5 Å². The lowest BCUT2D eigenvalue weighted by Crippen LogP contribution is -2.41. The normalized spacial score (nSPS) is 25.4. The largest absolute Gasteiger partial charge is 0.481 e. The highest BCUT2D eigenvalue weighted by atomic mass is 16.4. The lowest BCUT2D eigenvalue weighted by molar-refractivity contribution is -0.154. The molecule has 4 heteroatoms. The van der Waals surface area contributed by atoms with Crippen molar-refractivity contribution in [3.05, 3.63) is 40.5 Å². The molecule has 0 fully saturated rings. The van der Waals surface area contributed by atoms with Crippen LogP contribution in [0.25, 0.3) is 6.08 Å². The number of aryl methyl sites for hydroxylation is 1. The summed E-state index contributed by atoms with van der Waals surface area (Å²) in [7, 11) is 0. The molecule has 0 aromatic heterocycles. The van der Waals surface area contributed by atoms with E-state index in [4.69, 9.17) is 0 Å². The molecule has 0 spiro atoms. The molecular weight excluding hydrogens is 244 g/mol. The Morgan fingerprint density at radius 3 is 2.37 bits per heavy atom. The van der Waals surface area contributed by atoms with Crippen LogP contribution in [0.4, 0.5) is 0 Å². The van der Waals surface area contributed by atoms with Gasteiger partial charge in [-0.25, -0.2) is 0 Å². The minimum absolute atomic E-state index is 0.561. The molecule has 0 radical (unpaired) electrons. The summed E-state index contributed by atoms with van der Waals surface area (Å²) in [5.74, 6) is -3.28. The van der Waals surface area contributed by atoms with Crippen molar-refractivity contribution in [1.82, 2.24) is 0 Å². The molecule has 0 aliphatic heterocycles. The fourth-order valence-electron chi connectivity index (χ4n) is 2.68. The quantitative estimate of drug-likeness (QED) is 0.857. The molecule has 2 N–H and O–H groups in total. The predicted octanol–water partition coefficient (Wildman–Crippen LogP) is 2.67. The Bertz CT molecular complexity index is 600. The summed E-state index contributed by atoms with van der Waals surface area (Å²) in [6.07, 6.45) is 1.77. The molecule has 1 aromatic carbocycles. The maximum absolute atomic E-state index is 11.6. The van der Waals surface area contributed by atoms with Crippen molar-refractivity contribution in [2.75, 3.05) is 0 Å². The molecular formula is C15H16O4. The highest BCUT2D eigenvalue weighted by Gasteiger charge is 2.50. The molecule has 1 aliphatic rings. The molecule has 0 saturated heterocycles. The van der Waals surface area contributed by atoms with Gasteiger partial charge in [0.2, 0.25) is 0 Å². The van der Waals surface area contributed by atoms with E-state index in [0.717, 1.165) is 11.1 Å². The zero-order chi connectivity index (χ0) is 14.4. The fraction of sp³-hybridized carbons (Fsp3) is 0.333. The van der Waals surface area contributed by atoms with Gasteiger partial charge < -0.3 is 10.2 Å². The molecule has 0 saturated carbocycles. The second kappa shape index (κ2) is 4.23. The SMILES string of the molecule is CC1=Cc2cc(C)ccc2C(C(=O)O)C1(C)C(=O)O. The average Bonchev–Trinajstić information content (AvgIpc) is 2.30. The molecule has 4 nitrogen and oxygen atoms in total. The van der Waals surface area contributed by atoms with Crippen LogP contribution in [0.3, 0.4) is 0 Å². The van der Waals surface area contributed by atoms with Crippen molar-refractivity contribution in [3.63, 3.8) is 0 Å². The molecule has 100 valence electrons. The Hall–Kier alpha value is -2.10. The number of aliphatic carboxylic acids is 2. The van der Waals surface area contributed by atoms with Gasteiger partial charge in [0.25, 0.3) is 0 Å². The van der Waals surface area contributed by atoms with Gasteiger partial charge in [0, 0.05) is 0 Å². The van der Waals surface area contributed by atoms with Crippen LogP contribution in [-0.4, -0.2) is 22.2 Å². The van der Waals surface area contributed by atoms with Crippen LogP contribution in [0.5, 0.6) is 0 Å². The van der Waals surface area contributed by atoms with E-state index in [1.54, 1.807) is 19.1 Å². The van der Waals surface area contributed by atoms with E-state index in [9.17, 15) is 19.8 Å². The first-order valence-corrected chi connectivity index (χ1v) is 6.04. The molecule has 2 rings (SSSR count). The van der Waals surface area contributed by atoms with Crippen LogP contribution in [-0.2, 0) is 9.59 Å². The monoisotopic (exact) mass is 260 g/mol. The number of hydrogen-bond acceptors (Lipinski definition) is 2. The smallest absolute Gasteiger partial charge is 0.314 e. The first kappa shape index (κ1) is 13.3. The van der Waals surface area contributed by atoms with E-state index in [0.29, 0.717) is 11.1 Å². The van der Waals surface area contributed by atoms with Gasteiger partial charge in [0.1, 0.15) is 11.3 Å². The van der Waals surface area contributed by atoms with Crippen molar-refractivity contribution in [2.45, 2.75) is 26.7 Å². The second-order valence-corrected chi connectivity index (χ2v) is 5.24. The molecule has 0 amide bonds. The molecule has 1 aliphatic carbocycles. The average molecular weight is 260 g/mol. The predicted molar refractivity (Wildman–Crippen MR) is 70.9 cm³/mol. The van der Waals surface area contributed by atoms with Gasteiger partial charge in [-0.2, -0.15) is 0 Å². The van der Waals surface area contributed by atoms with E-state index < -0.39 is 23.3 Å². The van der Waals surface area contributed by atoms with Gasteiger partial charge in [-0.05, 0) is 31.9 Å². The van der Waals surface area contributed by atoms with E-state index in [1.807, 2.05) is 19.1 Å². The van der Waals surface area contributed by atoms with Gasteiger partial charge in [0.05, 0.1) is 0 Å². The van der Waals surface area contributed by atoms with Crippen LogP contribution in [0.2, 0.25) is 0 Å². The molecule has 2 unspecified atom stereocenters. The molecule has 1 aromatic rings. The number of carboxylic acids is 2. The third kappa shape index (κ3) is 1.84. The highest BCUT2D eigenvalue weighted by molar-refractivity contribution is 5.93. The fourth-order valence-corrected chi connectivity index (χ4v) is 2.68. The highest BCUT2D eigenvalue weighted by Crippen LogP contribution is 2.48. The van der Waals surface area contributed by atoms with Gasteiger partial charge in [-0.15, -0.1) is 0 Å². The minimum Gasteiger partial charge on any atom is -0.481 e. The third-order valence-electron chi connectivity index (χ3n) is 4.01. The van der Waals surface area contributed by atoms with Gasteiger partial charge in [-0.1, -0.05) is 35.4 Å². The first-order chi connectivity index (χ1) is 8.78. The summed E-state index contributed by atoms with van der Waals surface area (Å²) in [4.78, 5) is 23.2. The zero-order valence-electron chi connectivity index (χ0n) is 11.1. The van der Waals surface area contributed by atoms with Crippen LogP contribution in [0.15, 0.2) is 23.8 Å². The Balaban J connectivity index is 2.75. The minimum atomic E-state index is -1.41. The van der Waals surface area contributed by atoms with Gasteiger partial charge in [-0.3, -0.25) is 9.59 Å². The molecule has 0 heterocycles. The van der Waals surface area contributed by atoms with Crippen molar-refractivity contribution in [2.24, 2.45) is 5.41 Å². The number of carboxylic acid groups (broad SMARTS) is 2. The number of hydrogen-bond donors (Lipinski definition) is 2. The lowest BCUT2D eigenvalue weighted by atomic mass is 9.64. The van der Waals surface area contributed by atoms with Crippen molar-refractivity contribution in [1.29, 1.82) is 0 Å². The molecule has 0 bridgehead atoms. The zero-order valence-corrected chi connectivity index (χ0v) is 11.1. The Morgan fingerprint density at radius 1 is 1.21 bits per heavy atom. The van der Waals surface area contributed by atoms with Crippen molar-refractivity contribution < 1.29 is 19.8 Å².